The second kappa shape index (κ2) is 6.46. The monoisotopic (exact) mass is 287 g/mol. The number of likely N-dealkylation sites (tertiary alicyclic amines) is 1. The normalized spacial score (nSPS) is 20.7. The molecule has 1 N–H and O–H groups in total. The molecule has 21 heavy (non-hydrogen) atoms. The van der Waals surface area contributed by atoms with Gasteiger partial charge < -0.3 is 10.2 Å². The highest BCUT2D eigenvalue weighted by atomic mass is 16.2. The van der Waals surface area contributed by atoms with Crippen LogP contribution in [-0.2, 0) is 0 Å². The lowest BCUT2D eigenvalue weighted by atomic mass is 9.99. The van der Waals surface area contributed by atoms with Crippen LogP contribution in [0.25, 0.3) is 0 Å². The van der Waals surface area contributed by atoms with E-state index < -0.39 is 0 Å². The summed E-state index contributed by atoms with van der Waals surface area (Å²) in [5.41, 5.74) is 1.60. The lowest BCUT2D eigenvalue weighted by molar-refractivity contribution is 0.0691. The number of hydrogen-bond donors (Lipinski definition) is 1. The third-order valence-electron chi connectivity index (χ3n) is 4.78. The zero-order chi connectivity index (χ0) is 14.7. The van der Waals surface area contributed by atoms with E-state index in [2.05, 4.69) is 17.2 Å². The number of rotatable bonds is 3. The largest absolute Gasteiger partial charge is 0.381 e. The van der Waals surface area contributed by atoms with Crippen LogP contribution in [0, 0.1) is 5.92 Å². The van der Waals surface area contributed by atoms with Gasteiger partial charge in [-0.3, -0.25) is 4.79 Å². The van der Waals surface area contributed by atoms with Gasteiger partial charge >= 0.3 is 0 Å². The summed E-state index contributed by atoms with van der Waals surface area (Å²) in [6.45, 7) is 3.98. The third-order valence-corrected chi connectivity index (χ3v) is 4.78. The highest BCUT2D eigenvalue weighted by molar-refractivity contribution is 5.92. The predicted octanol–water partition coefficient (Wildman–Crippen LogP) is 3.31. The van der Waals surface area contributed by atoms with Gasteiger partial charge in [0.2, 0.25) is 0 Å². The molecule has 1 saturated heterocycles. The maximum atomic E-state index is 12.4. The Kier molecular flexibility index (Phi) is 4.42. The predicted molar refractivity (Wildman–Crippen MR) is 84.4 cm³/mol. The summed E-state index contributed by atoms with van der Waals surface area (Å²) < 4.78 is 0. The van der Waals surface area contributed by atoms with E-state index in [9.17, 15) is 4.79 Å². The molecule has 1 saturated carbocycles. The Balaban J connectivity index is 1.59. The van der Waals surface area contributed by atoms with Gasteiger partial charge in [0, 0.05) is 19.1 Å². The van der Waals surface area contributed by atoms with E-state index in [1.165, 1.54) is 25.7 Å². The Morgan fingerprint density at radius 3 is 2.52 bits per heavy atom. The molecule has 0 aromatic carbocycles. The molecule has 0 atom stereocenters. The molecule has 1 aliphatic heterocycles. The van der Waals surface area contributed by atoms with E-state index in [0.717, 1.165) is 37.5 Å². The first-order chi connectivity index (χ1) is 10.2. The Bertz CT molecular complexity index is 471. The van der Waals surface area contributed by atoms with Gasteiger partial charge in [-0.2, -0.15) is 0 Å². The van der Waals surface area contributed by atoms with Gasteiger partial charge in [-0.15, -0.1) is 0 Å². The maximum Gasteiger partial charge on any atom is 0.272 e. The van der Waals surface area contributed by atoms with Crippen molar-refractivity contribution in [3.8, 4) is 0 Å². The number of hydrogen-bond acceptors (Lipinski definition) is 3. The van der Waals surface area contributed by atoms with E-state index in [4.69, 9.17) is 0 Å². The molecule has 3 rings (SSSR count). The van der Waals surface area contributed by atoms with Gasteiger partial charge in [-0.25, -0.2) is 4.98 Å². The zero-order valence-corrected chi connectivity index (χ0v) is 12.8. The molecule has 0 bridgehead atoms. The number of pyridine rings is 1. The van der Waals surface area contributed by atoms with E-state index in [-0.39, 0.29) is 5.91 Å². The number of amides is 1. The van der Waals surface area contributed by atoms with Gasteiger partial charge in [-0.1, -0.05) is 19.8 Å². The number of anilines is 1. The fourth-order valence-electron chi connectivity index (χ4n) is 3.29. The van der Waals surface area contributed by atoms with Crippen LogP contribution >= 0.6 is 0 Å². The number of aromatic nitrogens is 1. The minimum Gasteiger partial charge on any atom is -0.381 e. The van der Waals surface area contributed by atoms with Crippen LogP contribution < -0.4 is 5.32 Å². The molecule has 4 heteroatoms. The molecule has 1 aromatic heterocycles. The van der Waals surface area contributed by atoms with Crippen LogP contribution in [0.15, 0.2) is 18.3 Å². The Morgan fingerprint density at radius 2 is 1.90 bits per heavy atom. The van der Waals surface area contributed by atoms with E-state index in [0.29, 0.717) is 11.7 Å². The second-order valence-electron chi connectivity index (χ2n) is 6.53. The minimum absolute atomic E-state index is 0.0781. The molecular weight excluding hydrogens is 262 g/mol. The van der Waals surface area contributed by atoms with Crippen LogP contribution in [-0.4, -0.2) is 34.9 Å². The van der Waals surface area contributed by atoms with Crippen LogP contribution in [0.1, 0.15) is 55.9 Å². The van der Waals surface area contributed by atoms with Crippen molar-refractivity contribution in [1.29, 1.82) is 0 Å². The Hall–Kier alpha value is -1.58. The number of piperidine rings is 1. The molecule has 4 nitrogen and oxygen atoms in total. The van der Waals surface area contributed by atoms with E-state index in [1.54, 1.807) is 6.20 Å². The highest BCUT2D eigenvalue weighted by Crippen LogP contribution is 2.22. The van der Waals surface area contributed by atoms with Crippen LogP contribution in [0.5, 0.6) is 0 Å². The lowest BCUT2D eigenvalue weighted by Crippen LogP contribution is -2.38. The van der Waals surface area contributed by atoms with Crippen LogP contribution in [0.2, 0.25) is 0 Å². The average Bonchev–Trinajstić information content (AvgIpc) is 3.01. The molecule has 0 spiro atoms. The number of nitrogens with zero attached hydrogens (tertiary/aromatic N) is 2. The van der Waals surface area contributed by atoms with Crippen molar-refractivity contribution in [3.05, 3.63) is 24.0 Å². The number of nitrogens with one attached hydrogen (secondary N) is 1. The van der Waals surface area contributed by atoms with Crippen molar-refractivity contribution in [2.75, 3.05) is 18.4 Å². The summed E-state index contributed by atoms with van der Waals surface area (Å²) >= 11 is 0. The van der Waals surface area contributed by atoms with Crippen molar-refractivity contribution < 1.29 is 4.79 Å². The molecule has 2 fully saturated rings. The Labute approximate surface area is 126 Å². The first kappa shape index (κ1) is 14.4. The smallest absolute Gasteiger partial charge is 0.272 e. The fraction of sp³-hybridized carbons (Fsp3) is 0.647. The molecule has 1 aromatic rings. The second-order valence-corrected chi connectivity index (χ2v) is 6.53. The Morgan fingerprint density at radius 1 is 1.19 bits per heavy atom. The molecule has 114 valence electrons. The highest BCUT2D eigenvalue weighted by Gasteiger charge is 2.22. The quantitative estimate of drug-likeness (QED) is 0.927. The zero-order valence-electron chi connectivity index (χ0n) is 12.8. The first-order valence-corrected chi connectivity index (χ1v) is 8.24. The average molecular weight is 287 g/mol. The van der Waals surface area contributed by atoms with Crippen molar-refractivity contribution in [2.45, 2.75) is 51.5 Å². The van der Waals surface area contributed by atoms with E-state index >= 15 is 0 Å². The SMILES string of the molecule is CC1CCN(C(=O)c2ccc(NC3CCCC3)cn2)CC1. The molecule has 1 amide bonds. The van der Waals surface area contributed by atoms with Gasteiger partial charge in [0.25, 0.3) is 5.91 Å². The molecule has 0 radical (unpaired) electrons. The molecule has 1 aliphatic carbocycles. The minimum atomic E-state index is 0.0781. The molecule has 2 heterocycles. The molecule has 0 unspecified atom stereocenters. The summed E-state index contributed by atoms with van der Waals surface area (Å²) in [7, 11) is 0. The fourth-order valence-corrected chi connectivity index (χ4v) is 3.29. The summed E-state index contributed by atoms with van der Waals surface area (Å²) in [5.74, 6) is 0.814. The maximum absolute atomic E-state index is 12.4. The third kappa shape index (κ3) is 3.55. The van der Waals surface area contributed by atoms with Gasteiger partial charge in [-0.05, 0) is 43.7 Å². The molecule has 2 aliphatic rings. The summed E-state index contributed by atoms with van der Waals surface area (Å²) in [5, 5.41) is 3.50. The first-order valence-electron chi connectivity index (χ1n) is 8.24. The summed E-state index contributed by atoms with van der Waals surface area (Å²) in [4.78, 5) is 18.7. The topological polar surface area (TPSA) is 45.2 Å². The lowest BCUT2D eigenvalue weighted by Gasteiger charge is -2.30. The van der Waals surface area contributed by atoms with Crippen molar-refractivity contribution >= 4 is 11.6 Å². The van der Waals surface area contributed by atoms with Crippen molar-refractivity contribution in [3.63, 3.8) is 0 Å². The number of carbonyl (C=O) groups is 1. The van der Waals surface area contributed by atoms with Crippen LogP contribution in [0.3, 0.4) is 0 Å². The molecular formula is C17H25N3O. The van der Waals surface area contributed by atoms with E-state index in [1.807, 2.05) is 17.0 Å². The van der Waals surface area contributed by atoms with Crippen molar-refractivity contribution in [1.82, 2.24) is 9.88 Å². The van der Waals surface area contributed by atoms with Crippen LogP contribution in [0.4, 0.5) is 5.69 Å². The van der Waals surface area contributed by atoms with Gasteiger partial charge in [0.1, 0.15) is 5.69 Å². The number of carbonyl (C=O) groups excluding carboxylic acids is 1. The standard InChI is InChI=1S/C17H25N3O/c1-13-8-10-20(11-9-13)17(21)16-7-6-15(12-18-16)19-14-4-2-3-5-14/h6-7,12-14,19H,2-5,8-11H2,1H3. The van der Waals surface area contributed by atoms with Gasteiger partial charge in [0.05, 0.1) is 11.9 Å². The summed E-state index contributed by atoms with van der Waals surface area (Å²) in [6.07, 6.45) is 9.13. The summed E-state index contributed by atoms with van der Waals surface area (Å²) in [6, 6.07) is 4.43. The van der Waals surface area contributed by atoms with Gasteiger partial charge in [0.15, 0.2) is 0 Å². The van der Waals surface area contributed by atoms with Crippen molar-refractivity contribution in [2.24, 2.45) is 5.92 Å².